The maximum atomic E-state index is 13.6. The number of Topliss-reactive ketones (excluding diaryl/α,β-unsaturated/α-hetero) is 1. The number of aliphatic hydroxyl groups excluding tert-OH is 1. The number of carbonyl (C=O) groups is 2. The van der Waals surface area contributed by atoms with E-state index in [1.165, 1.54) is 0 Å². The fraction of sp³-hybridized carbons (Fsp3) is 0.529. The number of nitrogens with zero attached hydrogens (tertiary/aromatic N) is 2. The molecule has 0 spiro atoms. The zero-order valence-electron chi connectivity index (χ0n) is 26.4. The summed E-state index contributed by atoms with van der Waals surface area (Å²) in [7, 11) is 1.57. The highest BCUT2D eigenvalue weighted by Crippen LogP contribution is 2.42. The van der Waals surface area contributed by atoms with Gasteiger partial charge in [-0.3, -0.25) is 14.5 Å². The second kappa shape index (κ2) is 14.8. The number of hydrogen-bond acceptors (Lipinski definition) is 8. The molecule has 0 saturated carbocycles. The Morgan fingerprint density at radius 2 is 1.72 bits per heavy atom. The Bertz CT molecular complexity index is 1310. The first-order valence-corrected chi connectivity index (χ1v) is 15.3. The van der Waals surface area contributed by atoms with E-state index in [1.807, 2.05) is 32.9 Å². The summed E-state index contributed by atoms with van der Waals surface area (Å²) in [5, 5.41) is 11.6. The maximum Gasteiger partial charge on any atom is 0.295 e. The van der Waals surface area contributed by atoms with Crippen LogP contribution in [0.15, 0.2) is 42.0 Å². The van der Waals surface area contributed by atoms with Crippen LogP contribution in [0, 0.1) is 12.8 Å². The van der Waals surface area contributed by atoms with Crippen molar-refractivity contribution < 1.29 is 33.6 Å². The summed E-state index contributed by atoms with van der Waals surface area (Å²) in [4.78, 5) is 31.0. The highest BCUT2D eigenvalue weighted by Gasteiger charge is 2.46. The molecular weight excluding hydrogens is 548 g/mol. The van der Waals surface area contributed by atoms with E-state index in [4.69, 9.17) is 18.9 Å². The molecule has 9 nitrogen and oxygen atoms in total. The van der Waals surface area contributed by atoms with Crippen LogP contribution in [-0.2, 0) is 14.3 Å². The molecule has 4 rings (SSSR count). The number of aliphatic hydroxyl groups is 1. The first kappa shape index (κ1) is 32.4. The fourth-order valence-electron chi connectivity index (χ4n) is 5.46. The lowest BCUT2D eigenvalue weighted by Gasteiger charge is -2.29. The molecule has 2 aromatic rings. The Morgan fingerprint density at radius 1 is 1.00 bits per heavy atom. The lowest BCUT2D eigenvalue weighted by molar-refractivity contribution is -0.140. The number of ether oxygens (including phenoxy) is 4. The van der Waals surface area contributed by atoms with Gasteiger partial charge in [-0.25, -0.2) is 0 Å². The van der Waals surface area contributed by atoms with Gasteiger partial charge in [0.2, 0.25) is 0 Å². The van der Waals surface area contributed by atoms with Crippen molar-refractivity contribution in [2.45, 2.75) is 59.6 Å². The molecule has 2 aliphatic rings. The molecule has 1 atom stereocenters. The van der Waals surface area contributed by atoms with Crippen LogP contribution < -0.4 is 14.2 Å². The first-order valence-electron chi connectivity index (χ1n) is 15.3. The van der Waals surface area contributed by atoms with Gasteiger partial charge in [0.15, 0.2) is 11.5 Å². The van der Waals surface area contributed by atoms with Crippen molar-refractivity contribution in [1.29, 1.82) is 0 Å². The highest BCUT2D eigenvalue weighted by atomic mass is 16.5. The topological polar surface area (TPSA) is 97.8 Å². The van der Waals surface area contributed by atoms with Crippen molar-refractivity contribution >= 4 is 17.4 Å². The number of methoxy groups -OCH3 is 1. The van der Waals surface area contributed by atoms with Crippen molar-refractivity contribution in [2.75, 3.05) is 53.1 Å². The predicted molar refractivity (Wildman–Crippen MR) is 166 cm³/mol. The van der Waals surface area contributed by atoms with Gasteiger partial charge in [-0.15, -0.1) is 0 Å². The molecule has 234 valence electrons. The molecule has 2 fully saturated rings. The van der Waals surface area contributed by atoms with Crippen LogP contribution in [0.25, 0.3) is 5.76 Å². The third kappa shape index (κ3) is 7.89. The smallest absolute Gasteiger partial charge is 0.295 e. The lowest BCUT2D eigenvalue weighted by atomic mass is 9.94. The minimum absolute atomic E-state index is 0.00626. The van der Waals surface area contributed by atoms with Crippen LogP contribution in [0.4, 0.5) is 0 Å². The minimum Gasteiger partial charge on any atom is -0.507 e. The molecule has 0 radical (unpaired) electrons. The van der Waals surface area contributed by atoms with E-state index < -0.39 is 17.7 Å². The number of morpholine rings is 1. The Labute approximate surface area is 255 Å². The van der Waals surface area contributed by atoms with Gasteiger partial charge in [-0.1, -0.05) is 19.9 Å². The summed E-state index contributed by atoms with van der Waals surface area (Å²) in [6.45, 7) is 14.8. The largest absolute Gasteiger partial charge is 0.507 e. The number of likely N-dealkylation sites (tertiary alicyclic amines) is 1. The van der Waals surface area contributed by atoms with E-state index in [9.17, 15) is 14.7 Å². The Hall–Kier alpha value is -3.56. The lowest BCUT2D eigenvalue weighted by Crippen LogP contribution is -2.39. The van der Waals surface area contributed by atoms with E-state index >= 15 is 0 Å². The number of ketones is 1. The number of aryl methyl sites for hydroxylation is 1. The van der Waals surface area contributed by atoms with Crippen LogP contribution >= 0.6 is 0 Å². The molecule has 9 heteroatoms. The normalized spacial score (nSPS) is 19.0. The van der Waals surface area contributed by atoms with Crippen LogP contribution in [0.5, 0.6) is 17.2 Å². The first-order chi connectivity index (χ1) is 20.6. The molecule has 0 aliphatic carbocycles. The molecule has 1 N–H and O–H groups in total. The number of rotatable bonds is 13. The van der Waals surface area contributed by atoms with Gasteiger partial charge in [0.05, 0.1) is 44.6 Å². The van der Waals surface area contributed by atoms with E-state index in [-0.39, 0.29) is 17.4 Å². The third-order valence-corrected chi connectivity index (χ3v) is 7.78. The molecule has 1 amide bonds. The van der Waals surface area contributed by atoms with Crippen LogP contribution in [-0.4, -0.2) is 85.8 Å². The summed E-state index contributed by atoms with van der Waals surface area (Å²) in [5.74, 6) is 0.751. The van der Waals surface area contributed by atoms with Crippen molar-refractivity contribution in [3.05, 3.63) is 58.7 Å². The molecule has 0 bridgehead atoms. The fourth-order valence-corrected chi connectivity index (χ4v) is 5.46. The van der Waals surface area contributed by atoms with Gasteiger partial charge >= 0.3 is 0 Å². The minimum atomic E-state index is -0.782. The number of hydrogen-bond donors (Lipinski definition) is 1. The van der Waals surface area contributed by atoms with Gasteiger partial charge < -0.3 is 29.0 Å². The monoisotopic (exact) mass is 594 g/mol. The van der Waals surface area contributed by atoms with Gasteiger partial charge in [0.25, 0.3) is 11.7 Å². The van der Waals surface area contributed by atoms with Crippen LogP contribution in [0.2, 0.25) is 0 Å². The van der Waals surface area contributed by atoms with E-state index in [2.05, 4.69) is 18.7 Å². The summed E-state index contributed by atoms with van der Waals surface area (Å²) in [6.07, 6.45) is 1.57. The average Bonchev–Trinajstić information content (AvgIpc) is 3.23. The van der Waals surface area contributed by atoms with Gasteiger partial charge in [0, 0.05) is 31.7 Å². The Kier molecular flexibility index (Phi) is 11.1. The Morgan fingerprint density at radius 3 is 2.37 bits per heavy atom. The second-order valence-electron chi connectivity index (χ2n) is 11.9. The molecule has 2 aliphatic heterocycles. The summed E-state index contributed by atoms with van der Waals surface area (Å²) < 4.78 is 23.0. The highest BCUT2D eigenvalue weighted by molar-refractivity contribution is 6.46. The molecule has 1 unspecified atom stereocenters. The van der Waals surface area contributed by atoms with E-state index in [1.54, 1.807) is 36.3 Å². The molecular formula is C34H46N2O7. The third-order valence-electron chi connectivity index (χ3n) is 7.78. The molecule has 2 saturated heterocycles. The molecule has 43 heavy (non-hydrogen) atoms. The van der Waals surface area contributed by atoms with Gasteiger partial charge in [0.1, 0.15) is 11.5 Å². The Balaban J connectivity index is 1.71. The molecule has 0 aromatic heterocycles. The zero-order chi connectivity index (χ0) is 31.1. The summed E-state index contributed by atoms with van der Waals surface area (Å²) >= 11 is 0. The quantitative estimate of drug-likeness (QED) is 0.188. The zero-order valence-corrected chi connectivity index (χ0v) is 26.4. The van der Waals surface area contributed by atoms with Crippen molar-refractivity contribution in [3.8, 4) is 17.2 Å². The van der Waals surface area contributed by atoms with E-state index in [0.29, 0.717) is 67.1 Å². The van der Waals surface area contributed by atoms with Crippen molar-refractivity contribution in [2.24, 2.45) is 5.92 Å². The van der Waals surface area contributed by atoms with Gasteiger partial charge in [-0.2, -0.15) is 0 Å². The second-order valence-corrected chi connectivity index (χ2v) is 11.9. The molecule has 2 heterocycles. The van der Waals surface area contributed by atoms with Gasteiger partial charge in [-0.05, 0) is 81.0 Å². The standard InChI is InChI=1S/C34H46N2O7/c1-22(2)12-17-42-28-11-8-25(21-29(28)40-6)31-30(32(37)26-9-10-27(24(5)20-26)43-23(3)4)33(38)34(39)36(31)14-7-13-35-15-18-41-19-16-35/h8-11,20-23,31,37H,7,12-19H2,1-6H3. The van der Waals surface area contributed by atoms with Crippen molar-refractivity contribution in [3.63, 3.8) is 0 Å². The maximum absolute atomic E-state index is 13.6. The molecule has 2 aromatic carbocycles. The van der Waals surface area contributed by atoms with Crippen molar-refractivity contribution in [1.82, 2.24) is 9.80 Å². The average molecular weight is 595 g/mol. The summed E-state index contributed by atoms with van der Waals surface area (Å²) in [6, 6.07) is 9.95. The number of amides is 1. The van der Waals surface area contributed by atoms with Crippen LogP contribution in [0.3, 0.4) is 0 Å². The number of benzene rings is 2. The summed E-state index contributed by atoms with van der Waals surface area (Å²) in [5.41, 5.74) is 1.99. The van der Waals surface area contributed by atoms with E-state index in [0.717, 1.165) is 31.6 Å². The SMILES string of the molecule is COc1cc(C2C(=C(O)c3ccc(OC(C)C)c(C)c3)C(=O)C(=O)N2CCCN2CCOCC2)ccc1OCCC(C)C. The van der Waals surface area contributed by atoms with Crippen LogP contribution in [0.1, 0.15) is 63.3 Å². The number of carbonyl (C=O) groups excluding carboxylic acids is 2. The predicted octanol–water partition coefficient (Wildman–Crippen LogP) is 5.36.